The van der Waals surface area contributed by atoms with Crippen LogP contribution in [0.15, 0.2) is 132 Å². The van der Waals surface area contributed by atoms with E-state index in [1.54, 1.807) is 0 Å². The number of rotatable bonds is 4. The number of benzene rings is 6. The Hall–Kier alpha value is -5.74. The Labute approximate surface area is 390 Å². The molecule has 0 amide bonds. The summed E-state index contributed by atoms with van der Waals surface area (Å²) < 4.78 is 7.69. The second kappa shape index (κ2) is 14.6. The zero-order valence-corrected chi connectivity index (χ0v) is 41.4. The van der Waals surface area contributed by atoms with E-state index in [0.717, 1.165) is 24.3 Å². The van der Waals surface area contributed by atoms with Crippen molar-refractivity contribution in [1.82, 2.24) is 0 Å². The summed E-state index contributed by atoms with van der Waals surface area (Å²) in [7, 11) is 0. The largest absolute Gasteiger partial charge is 0.472 e. The highest BCUT2D eigenvalue weighted by Gasteiger charge is 2.52. The lowest BCUT2D eigenvalue weighted by Crippen LogP contribution is -2.61. The average molecular weight is 855 g/mol. The van der Waals surface area contributed by atoms with Crippen LogP contribution in [0.3, 0.4) is 0 Å². The number of furan rings is 1. The number of hydrogen-bond donors (Lipinski definition) is 0. The Morgan fingerprint density at radius 3 is 1.55 bits per heavy atom. The van der Waals surface area contributed by atoms with Gasteiger partial charge in [0.2, 0.25) is 0 Å². The van der Waals surface area contributed by atoms with Gasteiger partial charge in [-0.3, -0.25) is 0 Å². The first-order valence-electron chi connectivity index (χ1n) is 24.0. The van der Waals surface area contributed by atoms with E-state index in [2.05, 4.69) is 234 Å². The molecule has 0 fully saturated rings. The Morgan fingerprint density at radius 1 is 0.508 bits per heavy atom. The molecule has 0 unspecified atom stereocenters. The van der Waals surface area contributed by atoms with Gasteiger partial charge in [-0.05, 0) is 128 Å². The van der Waals surface area contributed by atoms with Crippen LogP contribution in [0.25, 0.3) is 22.3 Å². The molecular formula is C61H67BN2O. The molecule has 3 nitrogen and oxygen atoms in total. The van der Waals surface area contributed by atoms with Gasteiger partial charge in [0, 0.05) is 44.9 Å². The molecule has 330 valence electrons. The molecule has 3 heterocycles. The van der Waals surface area contributed by atoms with Crippen molar-refractivity contribution >= 4 is 57.4 Å². The van der Waals surface area contributed by atoms with Crippen molar-refractivity contribution in [3.8, 4) is 22.3 Å². The second-order valence-corrected chi connectivity index (χ2v) is 23.8. The highest BCUT2D eigenvalue weighted by atomic mass is 16.3. The predicted molar refractivity (Wildman–Crippen MR) is 280 cm³/mol. The quantitative estimate of drug-likeness (QED) is 0.164. The fourth-order valence-corrected chi connectivity index (χ4v) is 11.0. The van der Waals surface area contributed by atoms with Gasteiger partial charge in [0.15, 0.2) is 0 Å². The molecule has 0 N–H and O–H groups in total. The molecule has 0 saturated heterocycles. The van der Waals surface area contributed by atoms with Crippen molar-refractivity contribution in [2.24, 2.45) is 0 Å². The van der Waals surface area contributed by atoms with Crippen LogP contribution in [0, 0.1) is 6.92 Å². The molecule has 0 radical (unpaired) electrons. The molecule has 0 saturated carbocycles. The maximum absolute atomic E-state index is 7.69. The van der Waals surface area contributed by atoms with Gasteiger partial charge >= 0.3 is 0 Å². The minimum Gasteiger partial charge on any atom is -0.472 e. The number of anilines is 6. The molecule has 1 aromatic heterocycles. The van der Waals surface area contributed by atoms with Gasteiger partial charge in [-0.2, -0.15) is 0 Å². The molecule has 0 spiro atoms. The third-order valence-corrected chi connectivity index (χ3v) is 14.9. The molecule has 2 aliphatic heterocycles. The monoisotopic (exact) mass is 855 g/mol. The number of nitrogens with zero attached hydrogens (tertiary/aromatic N) is 2. The molecular weight excluding hydrogens is 787 g/mol. The van der Waals surface area contributed by atoms with Crippen molar-refractivity contribution < 1.29 is 4.42 Å². The topological polar surface area (TPSA) is 19.6 Å². The van der Waals surface area contributed by atoms with Crippen molar-refractivity contribution in [2.75, 3.05) is 9.80 Å². The molecule has 65 heavy (non-hydrogen) atoms. The summed E-state index contributed by atoms with van der Waals surface area (Å²) in [6.07, 6.45) is 2.18. The van der Waals surface area contributed by atoms with Gasteiger partial charge in [-0.1, -0.05) is 175 Å². The summed E-state index contributed by atoms with van der Waals surface area (Å²) in [5, 5.41) is 0. The Kier molecular flexibility index (Phi) is 9.72. The van der Waals surface area contributed by atoms with E-state index in [1.807, 2.05) is 0 Å². The summed E-state index contributed by atoms with van der Waals surface area (Å²) in [6, 6.07) is 48.7. The smallest absolute Gasteiger partial charge is 0.297 e. The first kappa shape index (κ1) is 43.2. The lowest BCUT2D eigenvalue weighted by Gasteiger charge is -2.45. The van der Waals surface area contributed by atoms with Crippen LogP contribution in [-0.2, 0) is 27.1 Å². The fraction of sp³-hybridized carbons (Fsp3) is 0.344. The minimum absolute atomic E-state index is 0.0322. The summed E-state index contributed by atoms with van der Waals surface area (Å²) in [5.41, 5.74) is 22.0. The summed E-state index contributed by atoms with van der Waals surface area (Å²) >= 11 is 0. The molecule has 4 heteroatoms. The normalized spacial score (nSPS) is 16.2. The number of hydrogen-bond acceptors (Lipinski definition) is 3. The molecule has 1 aliphatic carbocycles. The van der Waals surface area contributed by atoms with Crippen LogP contribution < -0.4 is 26.4 Å². The van der Waals surface area contributed by atoms with Gasteiger partial charge in [0.1, 0.15) is 5.76 Å². The number of aryl methyl sites for hydroxylation is 1. The zero-order valence-electron chi connectivity index (χ0n) is 41.4. The second-order valence-electron chi connectivity index (χ2n) is 23.8. The first-order valence-corrected chi connectivity index (χ1v) is 24.0. The van der Waals surface area contributed by atoms with Crippen molar-refractivity contribution in [1.29, 1.82) is 0 Å². The standard InChI is InChI=1S/C61H67BN2O/c1-38-33-49-52-50(34-38)64(53-45(39-21-17-15-18-22-39)35-43(59(8,9)10)36-46(53)40-23-19-16-20-24-40)48-30-27-42(58(5,6)7)37-47(48)62(52)56-54(51-55(65-56)61(13,14)32-31-60(51,11)12)63(49)44-28-25-41(26-29-44)57(2,3)4/h15-30,33-37H,31-32H2,1-14H3. The maximum atomic E-state index is 7.69. The van der Waals surface area contributed by atoms with Gasteiger partial charge in [-0.25, -0.2) is 0 Å². The number of fused-ring (bicyclic) bond motifs is 6. The average Bonchev–Trinajstić information content (AvgIpc) is 3.67. The van der Waals surface area contributed by atoms with Crippen molar-refractivity contribution in [3.05, 3.63) is 161 Å². The van der Waals surface area contributed by atoms with Crippen LogP contribution in [-0.4, -0.2) is 6.71 Å². The van der Waals surface area contributed by atoms with E-state index in [9.17, 15) is 0 Å². The Morgan fingerprint density at radius 2 is 1.02 bits per heavy atom. The van der Waals surface area contributed by atoms with E-state index in [0.29, 0.717) is 0 Å². The molecule has 10 rings (SSSR count). The van der Waals surface area contributed by atoms with Gasteiger partial charge < -0.3 is 14.2 Å². The van der Waals surface area contributed by atoms with Crippen LogP contribution in [0.4, 0.5) is 34.1 Å². The van der Waals surface area contributed by atoms with E-state index < -0.39 is 0 Å². The molecule has 0 atom stereocenters. The zero-order chi connectivity index (χ0) is 46.2. The summed E-state index contributed by atoms with van der Waals surface area (Å²) in [4.78, 5) is 5.25. The predicted octanol–water partition coefficient (Wildman–Crippen LogP) is 15.2. The first-order chi connectivity index (χ1) is 30.5. The fourth-order valence-electron chi connectivity index (χ4n) is 11.0. The van der Waals surface area contributed by atoms with Crippen molar-refractivity contribution in [3.63, 3.8) is 0 Å². The SMILES string of the molecule is Cc1cc2c3c(c1)N(c1c(-c4ccccc4)cc(C(C)(C)C)cc1-c1ccccc1)c1ccc(C(C)(C)C)cc1B3c1oc3c(c1N2c1ccc(C(C)(C)C)cc1)C(C)(C)CCC3(C)C. The molecule has 7 aromatic rings. The van der Waals surface area contributed by atoms with E-state index in [4.69, 9.17) is 4.42 Å². The van der Waals surface area contributed by atoms with Crippen LogP contribution in [0.2, 0.25) is 0 Å². The Bertz CT molecular complexity index is 2930. The van der Waals surface area contributed by atoms with E-state index in [1.165, 1.54) is 95.1 Å². The summed E-state index contributed by atoms with van der Waals surface area (Å²) in [5.74, 6) is 1.15. The molecule has 0 bridgehead atoms. The van der Waals surface area contributed by atoms with Crippen LogP contribution >= 0.6 is 0 Å². The third-order valence-electron chi connectivity index (χ3n) is 14.9. The summed E-state index contributed by atoms with van der Waals surface area (Å²) in [6.45, 7) is 32.8. The van der Waals surface area contributed by atoms with Gasteiger partial charge in [-0.15, -0.1) is 0 Å². The maximum Gasteiger partial charge on any atom is 0.297 e. The van der Waals surface area contributed by atoms with Crippen molar-refractivity contribution in [2.45, 2.75) is 137 Å². The van der Waals surface area contributed by atoms with E-state index in [-0.39, 0.29) is 33.8 Å². The molecule has 3 aliphatic rings. The minimum atomic E-state index is -0.124. The lowest BCUT2D eigenvalue weighted by atomic mass is 9.35. The van der Waals surface area contributed by atoms with E-state index >= 15 is 0 Å². The highest BCUT2D eigenvalue weighted by molar-refractivity contribution is 6.99. The Balaban J connectivity index is 1.38. The van der Waals surface area contributed by atoms with Crippen LogP contribution in [0.1, 0.15) is 136 Å². The lowest BCUT2D eigenvalue weighted by molar-refractivity contribution is 0.282. The van der Waals surface area contributed by atoms with Gasteiger partial charge in [0.05, 0.1) is 17.0 Å². The molecule has 6 aromatic carbocycles. The third kappa shape index (κ3) is 7.01. The van der Waals surface area contributed by atoms with Crippen LogP contribution in [0.5, 0.6) is 0 Å². The van der Waals surface area contributed by atoms with Gasteiger partial charge in [0.25, 0.3) is 6.71 Å². The highest BCUT2D eigenvalue weighted by Crippen LogP contribution is 2.56.